The van der Waals surface area contributed by atoms with Gasteiger partial charge in [-0.3, -0.25) is 4.79 Å². The van der Waals surface area contributed by atoms with Crippen molar-refractivity contribution in [2.24, 2.45) is 5.92 Å². The number of carboxylic acids is 1. The number of nitrogens with one attached hydrogen (secondary N) is 1. The Bertz CT molecular complexity index is 339. The van der Waals surface area contributed by atoms with Crippen molar-refractivity contribution in [3.63, 3.8) is 0 Å². The molecular weight excluding hydrogens is 258 g/mol. The van der Waals surface area contributed by atoms with Gasteiger partial charge < -0.3 is 9.84 Å². The van der Waals surface area contributed by atoms with Crippen molar-refractivity contribution in [1.82, 2.24) is 4.72 Å². The average Bonchev–Trinajstić information content (AvgIpc) is 2.25. The summed E-state index contributed by atoms with van der Waals surface area (Å²) in [6, 6.07) is -1.07. The first-order valence-corrected chi connectivity index (χ1v) is 7.65. The lowest BCUT2D eigenvalue weighted by Gasteiger charge is -2.15. The molecule has 0 heterocycles. The van der Waals surface area contributed by atoms with Gasteiger partial charge in [0.2, 0.25) is 10.0 Å². The van der Waals surface area contributed by atoms with E-state index in [9.17, 15) is 13.2 Å². The molecule has 2 N–H and O–H groups in total. The molecule has 1 atom stereocenters. The number of ether oxygens (including phenoxy) is 1. The predicted molar refractivity (Wildman–Crippen MR) is 68.9 cm³/mol. The van der Waals surface area contributed by atoms with Crippen molar-refractivity contribution in [3.05, 3.63) is 0 Å². The van der Waals surface area contributed by atoms with Crippen LogP contribution in [0.15, 0.2) is 0 Å². The number of aliphatic carboxylic acids is 1. The van der Waals surface area contributed by atoms with E-state index in [0.717, 1.165) is 0 Å². The third kappa shape index (κ3) is 8.43. The smallest absolute Gasteiger partial charge is 0.321 e. The van der Waals surface area contributed by atoms with E-state index in [1.807, 2.05) is 13.8 Å². The van der Waals surface area contributed by atoms with Crippen molar-refractivity contribution in [3.8, 4) is 0 Å². The SMILES string of the molecule is COCCCC(NS(=O)(=O)CCC(C)C)C(=O)O. The molecule has 0 aliphatic heterocycles. The minimum absolute atomic E-state index is 0.0429. The molecule has 0 saturated carbocycles. The summed E-state index contributed by atoms with van der Waals surface area (Å²) in [6.07, 6.45) is 1.24. The summed E-state index contributed by atoms with van der Waals surface area (Å²) in [4.78, 5) is 10.9. The maximum Gasteiger partial charge on any atom is 0.321 e. The number of methoxy groups -OCH3 is 1. The van der Waals surface area contributed by atoms with Crippen LogP contribution in [0.5, 0.6) is 0 Å². The molecule has 0 bridgehead atoms. The van der Waals surface area contributed by atoms with Crippen molar-refractivity contribution in [1.29, 1.82) is 0 Å². The number of carbonyl (C=O) groups is 1. The van der Waals surface area contributed by atoms with Gasteiger partial charge >= 0.3 is 5.97 Å². The second-order valence-corrected chi connectivity index (χ2v) is 6.52. The summed E-state index contributed by atoms with van der Waals surface area (Å²) in [5, 5.41) is 8.95. The highest BCUT2D eigenvalue weighted by molar-refractivity contribution is 7.89. The minimum Gasteiger partial charge on any atom is -0.480 e. The van der Waals surface area contributed by atoms with Gasteiger partial charge in [0.05, 0.1) is 5.75 Å². The molecule has 0 amide bonds. The monoisotopic (exact) mass is 281 g/mol. The highest BCUT2D eigenvalue weighted by atomic mass is 32.2. The molecule has 0 aromatic heterocycles. The topological polar surface area (TPSA) is 92.7 Å². The van der Waals surface area contributed by atoms with Crippen molar-refractivity contribution in [2.75, 3.05) is 19.5 Å². The number of carboxylic acid groups (broad SMARTS) is 1. The molecule has 0 aliphatic carbocycles. The van der Waals surface area contributed by atoms with E-state index in [4.69, 9.17) is 9.84 Å². The van der Waals surface area contributed by atoms with E-state index in [1.54, 1.807) is 0 Å². The molecule has 0 aliphatic rings. The summed E-state index contributed by atoms with van der Waals surface area (Å²) in [5.74, 6) is -0.934. The van der Waals surface area contributed by atoms with Crippen LogP contribution in [0.25, 0.3) is 0 Å². The summed E-state index contributed by atoms with van der Waals surface area (Å²) in [5.41, 5.74) is 0. The molecule has 0 aromatic rings. The van der Waals surface area contributed by atoms with Crippen LogP contribution in [-0.4, -0.2) is 45.0 Å². The first-order chi connectivity index (χ1) is 8.28. The van der Waals surface area contributed by atoms with Crippen LogP contribution in [0.3, 0.4) is 0 Å². The zero-order chi connectivity index (χ0) is 14.2. The normalized spacial score (nSPS) is 13.8. The maximum absolute atomic E-state index is 11.7. The molecule has 0 radical (unpaired) electrons. The lowest BCUT2D eigenvalue weighted by molar-refractivity contribution is -0.139. The van der Waals surface area contributed by atoms with Crippen LogP contribution in [0.2, 0.25) is 0 Å². The molecular formula is C11H23NO5S. The Morgan fingerprint density at radius 2 is 1.94 bits per heavy atom. The third-order valence-electron chi connectivity index (χ3n) is 2.43. The van der Waals surface area contributed by atoms with Crippen LogP contribution in [-0.2, 0) is 19.6 Å². The summed E-state index contributed by atoms with van der Waals surface area (Å²) in [6.45, 7) is 4.25. The largest absolute Gasteiger partial charge is 0.480 e. The van der Waals surface area contributed by atoms with Crippen LogP contribution < -0.4 is 4.72 Å². The van der Waals surface area contributed by atoms with Gasteiger partial charge in [-0.05, 0) is 25.2 Å². The van der Waals surface area contributed by atoms with Crippen molar-refractivity contribution < 1.29 is 23.1 Å². The number of hydrogen-bond donors (Lipinski definition) is 2. The fourth-order valence-electron chi connectivity index (χ4n) is 1.33. The number of rotatable bonds is 10. The first-order valence-electron chi connectivity index (χ1n) is 6.00. The second-order valence-electron chi connectivity index (χ2n) is 4.65. The lowest BCUT2D eigenvalue weighted by atomic mass is 10.2. The second kappa shape index (κ2) is 8.44. The number of sulfonamides is 1. The van der Waals surface area contributed by atoms with Crippen LogP contribution >= 0.6 is 0 Å². The molecule has 6 nitrogen and oxygen atoms in total. The maximum atomic E-state index is 11.7. The van der Waals surface area contributed by atoms with Crippen LogP contribution in [0.4, 0.5) is 0 Å². The van der Waals surface area contributed by atoms with Gasteiger partial charge in [-0.2, -0.15) is 0 Å². The van der Waals surface area contributed by atoms with Gasteiger partial charge in [-0.1, -0.05) is 13.8 Å². The minimum atomic E-state index is -3.53. The van der Waals surface area contributed by atoms with E-state index in [2.05, 4.69) is 4.72 Å². The van der Waals surface area contributed by atoms with Gasteiger partial charge in [-0.25, -0.2) is 13.1 Å². The van der Waals surface area contributed by atoms with Gasteiger partial charge in [-0.15, -0.1) is 0 Å². The van der Waals surface area contributed by atoms with Crippen LogP contribution in [0.1, 0.15) is 33.1 Å². The number of hydrogen-bond acceptors (Lipinski definition) is 4. The molecule has 0 aromatic carbocycles. The van der Waals surface area contributed by atoms with E-state index in [0.29, 0.717) is 19.4 Å². The molecule has 108 valence electrons. The molecule has 1 unspecified atom stereocenters. The van der Waals surface area contributed by atoms with E-state index in [-0.39, 0.29) is 18.1 Å². The standard InChI is InChI=1S/C11H23NO5S/c1-9(2)6-8-18(15,16)12-10(11(13)14)5-4-7-17-3/h9-10,12H,4-8H2,1-3H3,(H,13,14). The first kappa shape index (κ1) is 17.3. The summed E-state index contributed by atoms with van der Waals surface area (Å²) in [7, 11) is -2.01. The Hall–Kier alpha value is -0.660. The zero-order valence-corrected chi connectivity index (χ0v) is 12.0. The highest BCUT2D eigenvalue weighted by Gasteiger charge is 2.23. The molecule has 0 rings (SSSR count). The fraction of sp³-hybridized carbons (Fsp3) is 0.909. The van der Waals surface area contributed by atoms with E-state index >= 15 is 0 Å². The average molecular weight is 281 g/mol. The van der Waals surface area contributed by atoms with Gasteiger partial charge in [0.15, 0.2) is 0 Å². The molecule has 0 saturated heterocycles. The van der Waals surface area contributed by atoms with Gasteiger partial charge in [0.1, 0.15) is 6.04 Å². The van der Waals surface area contributed by atoms with Crippen LogP contribution in [0, 0.1) is 5.92 Å². The lowest BCUT2D eigenvalue weighted by Crippen LogP contribution is -2.42. The fourth-order valence-corrected chi connectivity index (χ4v) is 2.88. The highest BCUT2D eigenvalue weighted by Crippen LogP contribution is 2.05. The van der Waals surface area contributed by atoms with E-state index in [1.165, 1.54) is 7.11 Å². The van der Waals surface area contributed by atoms with Gasteiger partial charge in [0, 0.05) is 13.7 Å². The Morgan fingerprint density at radius 3 is 2.39 bits per heavy atom. The van der Waals surface area contributed by atoms with Crippen molar-refractivity contribution >= 4 is 16.0 Å². The molecule has 7 heteroatoms. The Labute approximate surface area is 109 Å². The molecule has 18 heavy (non-hydrogen) atoms. The summed E-state index contributed by atoms with van der Waals surface area (Å²) >= 11 is 0. The van der Waals surface area contributed by atoms with E-state index < -0.39 is 22.0 Å². The third-order valence-corrected chi connectivity index (χ3v) is 3.84. The quantitative estimate of drug-likeness (QED) is 0.579. The summed E-state index contributed by atoms with van der Waals surface area (Å²) < 4.78 is 30.4. The molecule has 0 spiro atoms. The van der Waals surface area contributed by atoms with Gasteiger partial charge in [0.25, 0.3) is 0 Å². The van der Waals surface area contributed by atoms with Crippen molar-refractivity contribution in [2.45, 2.75) is 39.2 Å². The predicted octanol–water partition coefficient (Wildman–Crippen LogP) is 0.832. The Balaban J connectivity index is 4.34. The zero-order valence-electron chi connectivity index (χ0n) is 11.2. The Kier molecular flexibility index (Phi) is 8.13. The molecule has 0 fully saturated rings. The Morgan fingerprint density at radius 1 is 1.33 bits per heavy atom.